The highest BCUT2D eigenvalue weighted by atomic mass is 35.5. The van der Waals surface area contributed by atoms with E-state index in [9.17, 15) is 23.2 Å². The van der Waals surface area contributed by atoms with Gasteiger partial charge in [0.05, 0.1) is 33.9 Å². The Kier molecular flexibility index (Phi) is 20.8. The molecule has 3 atom stereocenters. The number of nitrogens with two attached hydrogens (primary N) is 1. The summed E-state index contributed by atoms with van der Waals surface area (Å²) in [5.74, 6) is 0.630. The van der Waals surface area contributed by atoms with E-state index in [0.29, 0.717) is 55.8 Å². The van der Waals surface area contributed by atoms with Crippen molar-refractivity contribution < 1.29 is 37.4 Å². The van der Waals surface area contributed by atoms with Crippen LogP contribution in [0, 0.1) is 24.2 Å². The molecule has 5 N–H and O–H groups in total. The highest BCUT2D eigenvalue weighted by Crippen LogP contribution is 2.35. The van der Waals surface area contributed by atoms with Gasteiger partial charge < -0.3 is 40.4 Å². The fraction of sp³-hybridized carbons (Fsp3) is 0.438. The molecule has 2 saturated heterocycles. The Morgan fingerprint density at radius 2 is 1.78 bits per heavy atom. The Morgan fingerprint density at radius 1 is 1.06 bits per heavy atom. The van der Waals surface area contributed by atoms with E-state index in [1.54, 1.807) is 23.6 Å². The zero-order valence-electron chi connectivity index (χ0n) is 38.9. The smallest absolute Gasteiger partial charge is 0.420 e. The van der Waals surface area contributed by atoms with Gasteiger partial charge in [0.25, 0.3) is 5.91 Å². The molecular weight excluding hydrogens is 904 g/mol. The molecule has 0 bridgehead atoms. The Labute approximate surface area is 400 Å². The second-order valence-electron chi connectivity index (χ2n) is 17.0. The number of amides is 3. The summed E-state index contributed by atoms with van der Waals surface area (Å²) < 4.78 is 36.3. The summed E-state index contributed by atoms with van der Waals surface area (Å²) in [5.41, 5.74) is 7.86. The molecule has 0 saturated carbocycles. The summed E-state index contributed by atoms with van der Waals surface area (Å²) in [6.45, 7) is 16.6. The Balaban J connectivity index is 0.000000408. The number of likely N-dealkylation sites (tertiary alicyclic amines) is 1. The molecule has 362 valence electrons. The van der Waals surface area contributed by atoms with Gasteiger partial charge in [-0.1, -0.05) is 45.0 Å². The number of benzene rings is 2. The minimum Gasteiger partial charge on any atom is -0.420 e. The van der Waals surface area contributed by atoms with Crippen molar-refractivity contribution in [3.8, 4) is 27.4 Å². The maximum atomic E-state index is 13.4. The lowest BCUT2D eigenvalue weighted by atomic mass is 9.78. The quantitative estimate of drug-likeness (QED) is 0.0420. The lowest BCUT2D eigenvalue weighted by molar-refractivity contribution is -0.140. The van der Waals surface area contributed by atoms with Gasteiger partial charge in [0, 0.05) is 85.9 Å². The number of anilines is 2. The second-order valence-corrected chi connectivity index (χ2v) is 18.3. The van der Waals surface area contributed by atoms with E-state index in [1.807, 2.05) is 42.3 Å². The number of aromatic nitrogens is 4. The number of hydrogen-bond donors (Lipinski definition) is 4. The third kappa shape index (κ3) is 15.9. The average molecular weight is 967 g/mol. The first-order valence-corrected chi connectivity index (χ1v) is 23.2. The van der Waals surface area contributed by atoms with Gasteiger partial charge in [-0.25, -0.2) is 9.97 Å². The summed E-state index contributed by atoms with van der Waals surface area (Å²) in [4.78, 5) is 59.0. The predicted octanol–water partition coefficient (Wildman–Crippen LogP) is 8.55. The van der Waals surface area contributed by atoms with E-state index in [-0.39, 0.29) is 23.0 Å². The van der Waals surface area contributed by atoms with Gasteiger partial charge in [-0.15, -0.1) is 20.1 Å². The second kappa shape index (κ2) is 25.9. The SMILES string of the molecule is C=O.CC1CCCN1C(=O)C(CCOCC1CCN(c2ncc(C(=O)Nc3ccc(OC(F)(F)Cl)cc3)cc2-c2ccn[nH]2)C1)C(C)(C)C.CN.Cc1ncsc1-c1ccc(CNC=O)cc1. The molecule has 3 amide bonds. The van der Waals surface area contributed by atoms with Gasteiger partial charge in [-0.05, 0) is 99.5 Å². The third-order valence-corrected chi connectivity index (χ3v) is 12.3. The maximum absolute atomic E-state index is 13.4. The van der Waals surface area contributed by atoms with Crippen LogP contribution in [0.1, 0.15) is 75.0 Å². The van der Waals surface area contributed by atoms with Crippen LogP contribution in [0.5, 0.6) is 5.75 Å². The van der Waals surface area contributed by atoms with Crippen LogP contribution in [0.2, 0.25) is 0 Å². The minimum atomic E-state index is -3.83. The summed E-state index contributed by atoms with van der Waals surface area (Å²) >= 11 is 6.46. The maximum Gasteiger partial charge on any atom is 0.487 e. The van der Waals surface area contributed by atoms with Crippen molar-refractivity contribution >= 4 is 59.5 Å². The highest BCUT2D eigenvalue weighted by Gasteiger charge is 2.37. The summed E-state index contributed by atoms with van der Waals surface area (Å²) in [6, 6.07) is 17.5. The number of carbonyl (C=O) groups is 4. The normalized spacial score (nSPS) is 16.0. The number of carbonyl (C=O) groups excluding carboxylic acids is 4. The number of aromatic amines is 1. The monoisotopic (exact) mass is 965 g/mol. The van der Waals surface area contributed by atoms with E-state index >= 15 is 0 Å². The van der Waals surface area contributed by atoms with E-state index in [1.165, 1.54) is 48.0 Å². The molecule has 3 aromatic heterocycles. The van der Waals surface area contributed by atoms with Gasteiger partial charge >= 0.3 is 5.57 Å². The van der Waals surface area contributed by atoms with Gasteiger partial charge in [0.2, 0.25) is 12.3 Å². The Hall–Kier alpha value is -5.82. The number of thiazole rings is 1. The third-order valence-electron chi connectivity index (χ3n) is 11.3. The van der Waals surface area contributed by atoms with Gasteiger partial charge in [0.15, 0.2) is 0 Å². The van der Waals surface area contributed by atoms with E-state index in [2.05, 4.69) is 81.0 Å². The van der Waals surface area contributed by atoms with Crippen LogP contribution < -0.4 is 26.0 Å². The van der Waals surface area contributed by atoms with Crippen LogP contribution >= 0.6 is 22.9 Å². The molecule has 2 aliphatic heterocycles. The first kappa shape index (κ1) is 53.8. The van der Waals surface area contributed by atoms with Gasteiger partial charge in [0.1, 0.15) is 18.4 Å². The number of aryl methyl sites for hydroxylation is 1. The summed E-state index contributed by atoms with van der Waals surface area (Å²) in [7, 11) is 1.50. The van der Waals surface area contributed by atoms with Gasteiger partial charge in [-0.3, -0.25) is 19.5 Å². The van der Waals surface area contributed by atoms with Crippen LogP contribution in [0.3, 0.4) is 0 Å². The van der Waals surface area contributed by atoms with Crippen LogP contribution in [0.15, 0.2) is 78.6 Å². The Bertz CT molecular complexity index is 2290. The summed E-state index contributed by atoms with van der Waals surface area (Å²) in [5, 5.41) is 12.5. The number of ether oxygens (including phenoxy) is 2. The van der Waals surface area contributed by atoms with Crippen molar-refractivity contribution in [3.63, 3.8) is 0 Å². The molecule has 2 aromatic carbocycles. The first-order valence-electron chi connectivity index (χ1n) is 21.9. The molecule has 0 aliphatic carbocycles. The van der Waals surface area contributed by atoms with Gasteiger partial charge in [-0.2, -0.15) is 5.10 Å². The molecule has 5 aromatic rings. The zero-order valence-corrected chi connectivity index (χ0v) is 40.5. The predicted molar refractivity (Wildman–Crippen MR) is 259 cm³/mol. The number of nitrogens with one attached hydrogen (secondary N) is 3. The molecule has 0 radical (unpaired) electrons. The first-order chi connectivity index (χ1) is 32.1. The largest absolute Gasteiger partial charge is 0.487 e. The molecule has 15 nitrogen and oxygen atoms in total. The number of halogens is 3. The number of hydrogen-bond acceptors (Lipinski definition) is 12. The van der Waals surface area contributed by atoms with Crippen LogP contribution in [0.4, 0.5) is 20.3 Å². The molecule has 19 heteroatoms. The molecular formula is C48H62ClF2N9O6S. The number of nitrogens with zero attached hydrogens (tertiary/aromatic N) is 5. The van der Waals surface area contributed by atoms with E-state index in [4.69, 9.17) is 26.1 Å². The van der Waals surface area contributed by atoms with Crippen molar-refractivity contribution in [1.82, 2.24) is 30.4 Å². The van der Waals surface area contributed by atoms with Crippen molar-refractivity contribution in [3.05, 3.63) is 95.4 Å². The number of alkyl halides is 3. The molecule has 5 heterocycles. The molecule has 7 rings (SSSR count). The molecule has 3 unspecified atom stereocenters. The fourth-order valence-electron chi connectivity index (χ4n) is 7.89. The lowest BCUT2D eigenvalue weighted by Gasteiger charge is -2.34. The van der Waals surface area contributed by atoms with E-state index < -0.39 is 11.5 Å². The molecule has 2 aliphatic rings. The van der Waals surface area contributed by atoms with Crippen LogP contribution in [-0.4, -0.2) is 102 Å². The van der Waals surface area contributed by atoms with Crippen LogP contribution in [-0.2, 0) is 25.7 Å². The molecule has 67 heavy (non-hydrogen) atoms. The number of rotatable bonds is 16. The van der Waals surface area contributed by atoms with E-state index in [0.717, 1.165) is 67.2 Å². The van der Waals surface area contributed by atoms with Crippen molar-refractivity contribution in [2.24, 2.45) is 23.0 Å². The fourth-order valence-corrected chi connectivity index (χ4v) is 8.79. The average Bonchev–Trinajstić information content (AvgIpc) is 4.17. The molecule has 0 spiro atoms. The van der Waals surface area contributed by atoms with Crippen molar-refractivity contribution in [2.45, 2.75) is 78.5 Å². The number of pyridine rings is 1. The highest BCUT2D eigenvalue weighted by molar-refractivity contribution is 7.13. The minimum absolute atomic E-state index is 0.0858. The molecule has 2 fully saturated rings. The van der Waals surface area contributed by atoms with Crippen LogP contribution in [0.25, 0.3) is 21.7 Å². The zero-order chi connectivity index (χ0) is 49.1. The Morgan fingerprint density at radius 3 is 2.36 bits per heavy atom. The number of H-pyrrole nitrogens is 1. The summed E-state index contributed by atoms with van der Waals surface area (Å²) in [6.07, 6.45) is 7.62. The topological polar surface area (TPSA) is 198 Å². The van der Waals surface area contributed by atoms with Crippen molar-refractivity contribution in [1.29, 1.82) is 0 Å². The van der Waals surface area contributed by atoms with Crippen molar-refractivity contribution in [2.75, 3.05) is 50.1 Å². The lowest BCUT2D eigenvalue weighted by Crippen LogP contribution is -2.43. The standard InChI is InChI=1S/C34H43ClF2N6O4.C12H12N2OS.CH5N.CH2O/c1-22-6-5-15-43(22)32(45)28(33(2,3)4)13-17-46-21-23-12-16-42(20-23)30-27(29-11-14-39-41-29)18-24(19-38-30)31(44)40-25-7-9-26(10-8-25)47-34(35,36)37;1-9-12(16-8-14-9)11-4-2-10(3-5-11)6-13-7-15;2*1-2/h7-11,14,18-19,22-23,28H,5-6,12-13,15-17,20-21H2,1-4H3,(H,39,41)(H,40,44);2-5,7-8H,6H2,1H3,(H,13,15);2H2,1H3;1H2.